The summed E-state index contributed by atoms with van der Waals surface area (Å²) in [5.41, 5.74) is 1.39. The molecule has 0 radical (unpaired) electrons. The van der Waals surface area contributed by atoms with Crippen molar-refractivity contribution in [3.8, 4) is 0 Å². The molecule has 0 aliphatic heterocycles. The van der Waals surface area contributed by atoms with Crippen molar-refractivity contribution in [2.45, 2.75) is 78.9 Å². The number of hydrogen-bond donors (Lipinski definition) is 1. The van der Waals surface area contributed by atoms with E-state index in [1.54, 1.807) is 0 Å². The third-order valence-electron chi connectivity index (χ3n) is 3.80. The van der Waals surface area contributed by atoms with Gasteiger partial charge in [0, 0.05) is 30.9 Å². The number of rotatable bonds is 8. The summed E-state index contributed by atoms with van der Waals surface area (Å²) in [6, 6.07) is 4.91. The largest absolute Gasteiger partial charge is 0.354 e. The highest BCUT2D eigenvalue weighted by molar-refractivity contribution is 5.40. The summed E-state index contributed by atoms with van der Waals surface area (Å²) in [6.45, 7) is 15.3. The quantitative estimate of drug-likeness (QED) is 0.770. The first-order valence-corrected chi connectivity index (χ1v) is 8.34. The zero-order chi connectivity index (χ0) is 15.9. The number of pyridine rings is 1. The van der Waals surface area contributed by atoms with E-state index in [0.717, 1.165) is 25.3 Å². The molecule has 0 saturated carbocycles. The van der Waals surface area contributed by atoms with Crippen LogP contribution in [-0.4, -0.2) is 23.1 Å². The van der Waals surface area contributed by atoms with E-state index >= 15 is 0 Å². The van der Waals surface area contributed by atoms with E-state index in [1.807, 2.05) is 6.20 Å². The van der Waals surface area contributed by atoms with Gasteiger partial charge in [0.1, 0.15) is 5.82 Å². The Morgan fingerprint density at radius 2 is 1.95 bits per heavy atom. The summed E-state index contributed by atoms with van der Waals surface area (Å²) >= 11 is 0. The van der Waals surface area contributed by atoms with Gasteiger partial charge in [-0.15, -0.1) is 0 Å². The monoisotopic (exact) mass is 291 g/mol. The molecule has 1 N–H and O–H groups in total. The maximum Gasteiger partial charge on any atom is 0.128 e. The van der Waals surface area contributed by atoms with Crippen LogP contribution in [0.4, 0.5) is 5.82 Å². The number of anilines is 1. The van der Waals surface area contributed by atoms with Gasteiger partial charge in [0.25, 0.3) is 0 Å². The number of nitrogens with one attached hydrogen (secondary N) is 1. The minimum atomic E-state index is 0.141. The van der Waals surface area contributed by atoms with Crippen LogP contribution in [0.3, 0.4) is 0 Å². The Morgan fingerprint density at radius 1 is 1.24 bits per heavy atom. The van der Waals surface area contributed by atoms with E-state index < -0.39 is 0 Å². The second-order valence-electron chi connectivity index (χ2n) is 6.93. The van der Waals surface area contributed by atoms with Gasteiger partial charge in [-0.3, -0.25) is 0 Å². The maximum atomic E-state index is 4.69. The molecule has 1 unspecified atom stereocenters. The van der Waals surface area contributed by atoms with Crippen molar-refractivity contribution in [3.05, 3.63) is 23.9 Å². The zero-order valence-corrected chi connectivity index (χ0v) is 14.7. The lowest BCUT2D eigenvalue weighted by Crippen LogP contribution is -2.35. The fraction of sp³-hybridized carbons (Fsp3) is 0.722. The Hall–Kier alpha value is -1.09. The molecule has 120 valence electrons. The summed E-state index contributed by atoms with van der Waals surface area (Å²) in [4.78, 5) is 7.12. The average Bonchev–Trinajstić information content (AvgIpc) is 2.45. The Bertz CT molecular complexity index is 392. The van der Waals surface area contributed by atoms with Crippen LogP contribution in [0.5, 0.6) is 0 Å². The van der Waals surface area contributed by atoms with Crippen LogP contribution in [0.25, 0.3) is 0 Å². The molecule has 1 aromatic rings. The van der Waals surface area contributed by atoms with Crippen molar-refractivity contribution in [1.29, 1.82) is 0 Å². The van der Waals surface area contributed by atoms with Crippen molar-refractivity contribution in [3.63, 3.8) is 0 Å². The first-order chi connectivity index (χ1) is 9.87. The Kier molecular flexibility index (Phi) is 7.16. The SMILES string of the molecule is CCCCN(c1ccc(CNC(C)(C)C)cn1)C(C)CC. The van der Waals surface area contributed by atoms with Gasteiger partial charge in [0.15, 0.2) is 0 Å². The highest BCUT2D eigenvalue weighted by atomic mass is 15.2. The van der Waals surface area contributed by atoms with Gasteiger partial charge in [-0.2, -0.15) is 0 Å². The summed E-state index contributed by atoms with van der Waals surface area (Å²) < 4.78 is 0. The highest BCUT2D eigenvalue weighted by Crippen LogP contribution is 2.17. The van der Waals surface area contributed by atoms with Gasteiger partial charge in [-0.1, -0.05) is 26.3 Å². The third kappa shape index (κ3) is 6.47. The average molecular weight is 291 g/mol. The Morgan fingerprint density at radius 3 is 2.43 bits per heavy atom. The van der Waals surface area contributed by atoms with Crippen molar-refractivity contribution >= 4 is 5.82 Å². The van der Waals surface area contributed by atoms with Gasteiger partial charge in [0.2, 0.25) is 0 Å². The molecule has 0 aliphatic rings. The minimum Gasteiger partial charge on any atom is -0.354 e. The molecule has 1 heterocycles. The predicted octanol–water partition coefficient (Wildman–Crippen LogP) is 4.37. The van der Waals surface area contributed by atoms with E-state index in [4.69, 9.17) is 0 Å². The summed E-state index contributed by atoms with van der Waals surface area (Å²) in [5.74, 6) is 1.11. The molecule has 0 saturated heterocycles. The van der Waals surface area contributed by atoms with Crippen LogP contribution in [0.1, 0.15) is 66.4 Å². The third-order valence-corrected chi connectivity index (χ3v) is 3.80. The molecule has 1 atom stereocenters. The van der Waals surface area contributed by atoms with Gasteiger partial charge in [-0.25, -0.2) is 4.98 Å². The molecular weight excluding hydrogens is 258 g/mol. The summed E-state index contributed by atoms with van der Waals surface area (Å²) in [7, 11) is 0. The summed E-state index contributed by atoms with van der Waals surface area (Å²) in [5, 5.41) is 3.50. The zero-order valence-electron chi connectivity index (χ0n) is 14.7. The second-order valence-corrected chi connectivity index (χ2v) is 6.93. The first kappa shape index (κ1) is 18.0. The molecular formula is C18H33N3. The maximum absolute atomic E-state index is 4.69. The van der Waals surface area contributed by atoms with Gasteiger partial charge in [0.05, 0.1) is 0 Å². The van der Waals surface area contributed by atoms with Crippen LogP contribution in [0.15, 0.2) is 18.3 Å². The number of hydrogen-bond acceptors (Lipinski definition) is 3. The van der Waals surface area contributed by atoms with Crippen LogP contribution in [0.2, 0.25) is 0 Å². The molecule has 3 nitrogen and oxygen atoms in total. The lowest BCUT2D eigenvalue weighted by Gasteiger charge is -2.30. The van der Waals surface area contributed by atoms with Crippen LogP contribution >= 0.6 is 0 Å². The fourth-order valence-corrected chi connectivity index (χ4v) is 2.17. The fourth-order valence-electron chi connectivity index (χ4n) is 2.17. The number of unbranched alkanes of at least 4 members (excludes halogenated alkanes) is 1. The van der Waals surface area contributed by atoms with E-state index in [1.165, 1.54) is 18.4 Å². The Labute approximate surface area is 131 Å². The molecule has 0 spiro atoms. The smallest absolute Gasteiger partial charge is 0.128 e. The van der Waals surface area contributed by atoms with E-state index in [2.05, 4.69) is 68.9 Å². The highest BCUT2D eigenvalue weighted by Gasteiger charge is 2.14. The molecule has 0 amide bonds. The van der Waals surface area contributed by atoms with Gasteiger partial charge in [-0.05, 0) is 52.2 Å². The molecule has 0 fully saturated rings. The molecule has 3 heteroatoms. The molecule has 1 aromatic heterocycles. The lowest BCUT2D eigenvalue weighted by atomic mass is 10.1. The van der Waals surface area contributed by atoms with Gasteiger partial charge >= 0.3 is 0 Å². The number of aromatic nitrogens is 1. The van der Waals surface area contributed by atoms with Crippen LogP contribution in [0, 0.1) is 0 Å². The minimum absolute atomic E-state index is 0.141. The van der Waals surface area contributed by atoms with Crippen LogP contribution in [-0.2, 0) is 6.54 Å². The van der Waals surface area contributed by atoms with Crippen molar-refractivity contribution in [1.82, 2.24) is 10.3 Å². The number of nitrogens with zero attached hydrogens (tertiary/aromatic N) is 2. The van der Waals surface area contributed by atoms with E-state index in [-0.39, 0.29) is 5.54 Å². The van der Waals surface area contributed by atoms with Gasteiger partial charge < -0.3 is 10.2 Å². The molecule has 0 aliphatic carbocycles. The first-order valence-electron chi connectivity index (χ1n) is 8.34. The Balaban J connectivity index is 2.72. The second kappa shape index (κ2) is 8.38. The standard InChI is InChI=1S/C18H33N3/c1-7-9-12-21(15(3)8-2)17-11-10-16(13-19-17)14-20-18(4,5)6/h10-11,13,15,20H,7-9,12,14H2,1-6H3. The van der Waals surface area contributed by atoms with Crippen molar-refractivity contribution < 1.29 is 0 Å². The topological polar surface area (TPSA) is 28.2 Å². The van der Waals surface area contributed by atoms with E-state index in [0.29, 0.717) is 6.04 Å². The molecule has 0 bridgehead atoms. The van der Waals surface area contributed by atoms with Crippen molar-refractivity contribution in [2.75, 3.05) is 11.4 Å². The predicted molar refractivity (Wildman–Crippen MR) is 92.8 cm³/mol. The summed E-state index contributed by atoms with van der Waals surface area (Å²) in [6.07, 6.45) is 5.61. The lowest BCUT2D eigenvalue weighted by molar-refractivity contribution is 0.424. The van der Waals surface area contributed by atoms with E-state index in [9.17, 15) is 0 Å². The molecule has 21 heavy (non-hydrogen) atoms. The van der Waals surface area contributed by atoms with Crippen molar-refractivity contribution in [2.24, 2.45) is 0 Å². The normalized spacial score (nSPS) is 13.2. The van der Waals surface area contributed by atoms with Crippen LogP contribution < -0.4 is 10.2 Å². The molecule has 1 rings (SSSR count). The molecule has 0 aromatic carbocycles.